The molecule has 1 aliphatic heterocycles. The van der Waals surface area contributed by atoms with Gasteiger partial charge in [-0.15, -0.1) is 0 Å². The summed E-state index contributed by atoms with van der Waals surface area (Å²) in [6.45, 7) is 12.5. The second-order valence-corrected chi connectivity index (χ2v) is 9.33. The summed E-state index contributed by atoms with van der Waals surface area (Å²) >= 11 is 6.49. The van der Waals surface area contributed by atoms with Crippen LogP contribution in [0.4, 0.5) is 20.5 Å². The molecule has 1 saturated heterocycles. The van der Waals surface area contributed by atoms with Crippen LogP contribution in [0.5, 0.6) is 5.75 Å². The molecule has 11 heteroatoms. The van der Waals surface area contributed by atoms with Gasteiger partial charge in [-0.3, -0.25) is 4.79 Å². The van der Waals surface area contributed by atoms with Crippen LogP contribution in [0.1, 0.15) is 13.8 Å². The summed E-state index contributed by atoms with van der Waals surface area (Å²) in [5, 5.41) is 13.8. The van der Waals surface area contributed by atoms with Gasteiger partial charge in [-0.25, -0.2) is 13.8 Å². The molecule has 0 saturated carbocycles. The number of likely N-dealkylation sites (N-methyl/N-ethyl adjacent to an activating group) is 1. The van der Waals surface area contributed by atoms with Gasteiger partial charge in [-0.2, -0.15) is 4.98 Å². The molecule has 1 amide bonds. The average molecular weight is 545 g/mol. The molecule has 1 aliphatic rings. The van der Waals surface area contributed by atoms with Gasteiger partial charge in [-0.1, -0.05) is 38.1 Å². The number of phenols is 1. The van der Waals surface area contributed by atoms with E-state index in [0.29, 0.717) is 43.9 Å². The maximum atomic E-state index is 16.1. The first-order valence-electron chi connectivity index (χ1n) is 12.6. The number of rotatable bonds is 9. The first-order chi connectivity index (χ1) is 18.3. The number of nitrogens with one attached hydrogen (secondary N) is 1. The van der Waals surface area contributed by atoms with E-state index in [1.807, 2.05) is 4.90 Å². The Bertz CT molecular complexity index is 1320. The summed E-state index contributed by atoms with van der Waals surface area (Å²) in [6.07, 6.45) is 1.28. The van der Waals surface area contributed by atoms with E-state index in [-0.39, 0.29) is 33.5 Å². The Kier molecular flexibility index (Phi) is 8.63. The van der Waals surface area contributed by atoms with Crippen molar-refractivity contribution in [3.05, 3.63) is 53.6 Å². The van der Waals surface area contributed by atoms with E-state index in [0.717, 1.165) is 25.7 Å². The summed E-state index contributed by atoms with van der Waals surface area (Å²) in [4.78, 5) is 27.0. The molecule has 2 N–H and O–H groups in total. The van der Waals surface area contributed by atoms with E-state index in [4.69, 9.17) is 16.6 Å². The summed E-state index contributed by atoms with van der Waals surface area (Å²) in [5.41, 5.74) is -0.647. The average Bonchev–Trinajstić information content (AvgIpc) is 2.92. The number of nitrogens with zero attached hydrogens (tertiary/aromatic N) is 5. The molecule has 2 aromatic carbocycles. The third kappa shape index (κ3) is 5.51. The molecule has 38 heavy (non-hydrogen) atoms. The zero-order valence-electron chi connectivity index (χ0n) is 21.5. The van der Waals surface area contributed by atoms with E-state index in [1.54, 1.807) is 4.90 Å². The molecule has 4 rings (SSSR count). The van der Waals surface area contributed by atoms with Crippen molar-refractivity contribution in [3.8, 4) is 16.9 Å². The molecule has 202 valence electrons. The van der Waals surface area contributed by atoms with E-state index < -0.39 is 17.4 Å². The Labute approximate surface area is 225 Å². The van der Waals surface area contributed by atoms with Crippen LogP contribution in [0, 0.1) is 11.6 Å². The van der Waals surface area contributed by atoms with Gasteiger partial charge in [0.05, 0.1) is 10.6 Å². The molecule has 0 atom stereocenters. The normalized spacial score (nSPS) is 13.8. The topological polar surface area (TPSA) is 84.8 Å². The Hall–Kier alpha value is -3.50. The molecule has 0 aliphatic carbocycles. The predicted molar refractivity (Wildman–Crippen MR) is 147 cm³/mol. The van der Waals surface area contributed by atoms with Crippen molar-refractivity contribution in [3.63, 3.8) is 0 Å². The minimum absolute atomic E-state index is 0.0491. The van der Waals surface area contributed by atoms with Gasteiger partial charge in [0.2, 0.25) is 11.9 Å². The maximum Gasteiger partial charge on any atom is 0.246 e. The van der Waals surface area contributed by atoms with Gasteiger partial charge in [-0.05, 0) is 37.4 Å². The van der Waals surface area contributed by atoms with Crippen LogP contribution < -0.4 is 10.2 Å². The largest absolute Gasteiger partial charge is 0.507 e. The highest BCUT2D eigenvalue weighted by Gasteiger charge is 2.27. The number of phenolic OH excluding ortho intramolecular Hbond substituents is 1. The fourth-order valence-corrected chi connectivity index (χ4v) is 4.91. The Morgan fingerprint density at radius 3 is 2.53 bits per heavy atom. The maximum absolute atomic E-state index is 16.1. The molecule has 3 aromatic rings. The lowest BCUT2D eigenvalue weighted by Gasteiger charge is -2.35. The molecular weight excluding hydrogens is 514 g/mol. The van der Waals surface area contributed by atoms with Crippen LogP contribution in [0.15, 0.2) is 36.9 Å². The van der Waals surface area contributed by atoms with E-state index in [9.17, 15) is 14.3 Å². The fraction of sp³-hybridized carbons (Fsp3) is 0.370. The number of hydrogen-bond acceptors (Lipinski definition) is 7. The molecule has 8 nitrogen and oxygen atoms in total. The van der Waals surface area contributed by atoms with Gasteiger partial charge >= 0.3 is 0 Å². The number of aromatic nitrogens is 2. The Morgan fingerprint density at radius 1 is 1.18 bits per heavy atom. The number of hydrogen-bond donors (Lipinski definition) is 2. The minimum atomic E-state index is -0.858. The monoisotopic (exact) mass is 544 g/mol. The van der Waals surface area contributed by atoms with Gasteiger partial charge in [0.25, 0.3) is 0 Å². The van der Waals surface area contributed by atoms with Crippen molar-refractivity contribution in [1.29, 1.82) is 0 Å². The second-order valence-electron chi connectivity index (χ2n) is 8.92. The van der Waals surface area contributed by atoms with Crippen molar-refractivity contribution in [2.75, 3.05) is 62.6 Å². The molecule has 2 heterocycles. The van der Waals surface area contributed by atoms with Gasteiger partial charge in [0, 0.05) is 50.2 Å². The third-order valence-electron chi connectivity index (χ3n) is 6.78. The zero-order chi connectivity index (χ0) is 27.4. The second kappa shape index (κ2) is 11.9. The molecule has 0 bridgehead atoms. The van der Waals surface area contributed by atoms with Crippen molar-refractivity contribution < 1.29 is 18.7 Å². The van der Waals surface area contributed by atoms with Crippen LogP contribution in [0.2, 0.25) is 5.02 Å². The highest BCUT2D eigenvalue weighted by Crippen LogP contribution is 2.42. The standard InChI is InChI=1S/C27H31ClF2N6O2/c1-4-21(38)35-12-14-36(15-13-35)26-17-16-18(28)22(23-19(29)8-7-9-20(23)37)24(30)25(17)32-27(33-26)31-10-11-34(5-2)6-3/h4,7-9,16,37H,1,5-6,10-15H2,2-3H3,(H,31,32,33). The lowest BCUT2D eigenvalue weighted by Crippen LogP contribution is -2.48. The predicted octanol–water partition coefficient (Wildman–Crippen LogP) is 4.52. The number of halogens is 3. The summed E-state index contributed by atoms with van der Waals surface area (Å²) in [6, 6.07) is 5.23. The lowest BCUT2D eigenvalue weighted by atomic mass is 10.0. The van der Waals surface area contributed by atoms with Crippen LogP contribution in [-0.2, 0) is 4.79 Å². The molecule has 0 spiro atoms. The minimum Gasteiger partial charge on any atom is -0.507 e. The summed E-state index contributed by atoms with van der Waals surface area (Å²) in [7, 11) is 0. The van der Waals surface area contributed by atoms with Crippen LogP contribution in [0.25, 0.3) is 22.0 Å². The van der Waals surface area contributed by atoms with Crippen molar-refractivity contribution in [2.24, 2.45) is 0 Å². The van der Waals surface area contributed by atoms with Crippen molar-refractivity contribution >= 4 is 40.2 Å². The highest BCUT2D eigenvalue weighted by molar-refractivity contribution is 6.34. The van der Waals surface area contributed by atoms with Crippen LogP contribution in [-0.4, -0.2) is 83.1 Å². The quantitative estimate of drug-likeness (QED) is 0.383. The molecule has 1 aromatic heterocycles. The summed E-state index contributed by atoms with van der Waals surface area (Å²) in [5.74, 6) is -1.58. The number of fused-ring (bicyclic) bond motifs is 1. The molecule has 0 unspecified atom stereocenters. The third-order valence-corrected chi connectivity index (χ3v) is 7.07. The van der Waals surface area contributed by atoms with E-state index >= 15 is 4.39 Å². The number of aromatic hydroxyl groups is 1. The number of benzene rings is 2. The Balaban J connectivity index is 1.80. The Morgan fingerprint density at radius 2 is 1.89 bits per heavy atom. The molecule has 0 radical (unpaired) electrons. The van der Waals surface area contributed by atoms with E-state index in [1.165, 1.54) is 24.3 Å². The lowest BCUT2D eigenvalue weighted by molar-refractivity contribution is -0.126. The number of amides is 1. The zero-order valence-corrected chi connectivity index (χ0v) is 22.2. The first-order valence-corrected chi connectivity index (χ1v) is 13.0. The van der Waals surface area contributed by atoms with Gasteiger partial charge in [0.15, 0.2) is 5.82 Å². The van der Waals surface area contributed by atoms with Crippen molar-refractivity contribution in [1.82, 2.24) is 19.8 Å². The van der Waals surface area contributed by atoms with Gasteiger partial charge in [0.1, 0.15) is 22.9 Å². The van der Waals surface area contributed by atoms with Crippen LogP contribution >= 0.6 is 11.6 Å². The van der Waals surface area contributed by atoms with Crippen LogP contribution in [0.3, 0.4) is 0 Å². The van der Waals surface area contributed by atoms with Gasteiger partial charge < -0.3 is 25.1 Å². The van der Waals surface area contributed by atoms with E-state index in [2.05, 4.69) is 35.6 Å². The highest BCUT2D eigenvalue weighted by atomic mass is 35.5. The fourth-order valence-electron chi connectivity index (χ4n) is 4.62. The number of piperazine rings is 1. The van der Waals surface area contributed by atoms with Crippen molar-refractivity contribution in [2.45, 2.75) is 13.8 Å². The SMILES string of the molecule is C=CC(=O)N1CCN(c2nc(NCCN(CC)CC)nc3c(F)c(-c4c(O)cccc4F)c(Cl)cc23)CC1. The summed E-state index contributed by atoms with van der Waals surface area (Å²) < 4.78 is 30.8. The number of anilines is 2. The number of carbonyl (C=O) groups is 1. The molecule has 1 fully saturated rings. The molecular formula is C27H31ClF2N6O2. The first kappa shape index (κ1) is 27.5. The smallest absolute Gasteiger partial charge is 0.246 e. The number of carbonyl (C=O) groups excluding carboxylic acids is 1.